The minimum absolute atomic E-state index is 0.263. The lowest BCUT2D eigenvalue weighted by molar-refractivity contribution is 0.167. The molecule has 1 rings (SSSR count). The van der Waals surface area contributed by atoms with E-state index in [0.29, 0.717) is 6.42 Å². The van der Waals surface area contributed by atoms with Crippen molar-refractivity contribution in [3.05, 3.63) is 35.6 Å². The second-order valence-corrected chi connectivity index (χ2v) is 5.02. The summed E-state index contributed by atoms with van der Waals surface area (Å²) in [6, 6.07) is 6.06. The summed E-state index contributed by atoms with van der Waals surface area (Å²) < 4.78 is 12.7. The Morgan fingerprint density at radius 3 is 2.42 bits per heavy atom. The maximum Gasteiger partial charge on any atom is 0.123 e. The minimum atomic E-state index is -0.506. The van der Waals surface area contributed by atoms with Crippen LogP contribution >= 0.6 is 0 Å². The molecule has 1 unspecified atom stereocenters. The van der Waals surface area contributed by atoms with Gasteiger partial charge in [0, 0.05) is 0 Å². The van der Waals surface area contributed by atoms with Gasteiger partial charge in [-0.3, -0.25) is 0 Å². The first-order chi connectivity index (χ1) is 9.24. The molecule has 0 saturated heterocycles. The molecule has 0 radical (unpaired) electrons. The predicted octanol–water partition coefficient (Wildman–Crippen LogP) is 3.81. The van der Waals surface area contributed by atoms with Crippen molar-refractivity contribution in [2.45, 2.75) is 51.6 Å². The van der Waals surface area contributed by atoms with Crippen LogP contribution in [-0.4, -0.2) is 18.2 Å². The number of hydrogen-bond acceptors (Lipinski definition) is 2. The van der Waals surface area contributed by atoms with E-state index in [1.54, 1.807) is 12.1 Å². The largest absolute Gasteiger partial charge is 0.388 e. The Labute approximate surface area is 116 Å². The van der Waals surface area contributed by atoms with Crippen molar-refractivity contribution in [1.29, 1.82) is 0 Å². The topological polar surface area (TPSA) is 32.3 Å². The normalized spacial score (nSPS) is 12.6. The summed E-state index contributed by atoms with van der Waals surface area (Å²) in [5.74, 6) is -0.263. The second-order valence-electron chi connectivity index (χ2n) is 5.02. The predicted molar refractivity (Wildman–Crippen MR) is 77.6 cm³/mol. The van der Waals surface area contributed by atoms with Crippen molar-refractivity contribution in [2.24, 2.45) is 0 Å². The van der Waals surface area contributed by atoms with E-state index in [2.05, 4.69) is 12.2 Å². The molecule has 19 heavy (non-hydrogen) atoms. The fraction of sp³-hybridized carbons (Fsp3) is 0.625. The first-order valence-corrected chi connectivity index (χ1v) is 7.38. The highest BCUT2D eigenvalue weighted by molar-refractivity contribution is 5.18. The number of unbranched alkanes of at least 4 members (excludes halogenated alkanes) is 4. The average molecular weight is 267 g/mol. The molecule has 108 valence electrons. The maximum atomic E-state index is 12.7. The monoisotopic (exact) mass is 267 g/mol. The van der Waals surface area contributed by atoms with Gasteiger partial charge in [-0.1, -0.05) is 44.7 Å². The highest BCUT2D eigenvalue weighted by atomic mass is 19.1. The molecule has 1 aromatic rings. The van der Waals surface area contributed by atoms with Crippen LogP contribution in [-0.2, 0) is 0 Å². The van der Waals surface area contributed by atoms with E-state index >= 15 is 0 Å². The van der Waals surface area contributed by atoms with Gasteiger partial charge in [0.2, 0.25) is 0 Å². The summed E-state index contributed by atoms with van der Waals surface area (Å²) in [5.41, 5.74) is 0.783. The quantitative estimate of drug-likeness (QED) is 0.632. The van der Waals surface area contributed by atoms with Crippen molar-refractivity contribution < 1.29 is 9.50 Å². The lowest BCUT2D eigenvalue weighted by Crippen LogP contribution is -2.18. The second kappa shape index (κ2) is 9.93. The Morgan fingerprint density at radius 2 is 1.74 bits per heavy atom. The van der Waals surface area contributed by atoms with Gasteiger partial charge >= 0.3 is 0 Å². The highest BCUT2D eigenvalue weighted by Crippen LogP contribution is 2.16. The number of rotatable bonds is 10. The van der Waals surface area contributed by atoms with E-state index in [0.717, 1.165) is 18.7 Å². The highest BCUT2D eigenvalue weighted by Gasteiger charge is 2.06. The summed E-state index contributed by atoms with van der Waals surface area (Å²) in [6.45, 7) is 4.03. The van der Waals surface area contributed by atoms with Crippen LogP contribution < -0.4 is 5.32 Å². The molecule has 0 amide bonds. The Balaban J connectivity index is 2.04. The van der Waals surface area contributed by atoms with Gasteiger partial charge in [-0.2, -0.15) is 0 Å². The molecule has 1 atom stereocenters. The zero-order chi connectivity index (χ0) is 13.9. The van der Waals surface area contributed by atoms with Crippen LogP contribution in [0.25, 0.3) is 0 Å². The van der Waals surface area contributed by atoms with Crippen LogP contribution in [0.1, 0.15) is 57.1 Å². The van der Waals surface area contributed by atoms with Crippen molar-refractivity contribution in [3.8, 4) is 0 Å². The Kier molecular flexibility index (Phi) is 8.43. The van der Waals surface area contributed by atoms with E-state index in [4.69, 9.17) is 0 Å². The molecule has 0 spiro atoms. The van der Waals surface area contributed by atoms with Gasteiger partial charge < -0.3 is 10.4 Å². The smallest absolute Gasteiger partial charge is 0.123 e. The van der Waals surface area contributed by atoms with Crippen LogP contribution in [0, 0.1) is 5.82 Å². The van der Waals surface area contributed by atoms with Gasteiger partial charge in [0.15, 0.2) is 0 Å². The lowest BCUT2D eigenvalue weighted by atomic mass is 10.1. The molecule has 0 aromatic heterocycles. The molecule has 0 aliphatic heterocycles. The van der Waals surface area contributed by atoms with Crippen molar-refractivity contribution in [2.75, 3.05) is 13.1 Å². The summed E-state index contributed by atoms with van der Waals surface area (Å²) in [7, 11) is 0. The van der Waals surface area contributed by atoms with Gasteiger partial charge in [0.25, 0.3) is 0 Å². The van der Waals surface area contributed by atoms with E-state index in [1.165, 1.54) is 44.2 Å². The van der Waals surface area contributed by atoms with E-state index in [-0.39, 0.29) is 5.82 Å². The van der Waals surface area contributed by atoms with Crippen LogP contribution in [0.2, 0.25) is 0 Å². The third kappa shape index (κ3) is 7.28. The SMILES string of the molecule is CCCCCCCNCCC(O)c1ccc(F)cc1. The molecule has 2 nitrogen and oxygen atoms in total. The molecule has 0 heterocycles. The van der Waals surface area contributed by atoms with Crippen LogP contribution in [0.15, 0.2) is 24.3 Å². The minimum Gasteiger partial charge on any atom is -0.388 e. The number of nitrogens with one attached hydrogen (secondary N) is 1. The zero-order valence-corrected chi connectivity index (χ0v) is 11.9. The number of halogens is 1. The van der Waals surface area contributed by atoms with E-state index < -0.39 is 6.10 Å². The third-order valence-corrected chi connectivity index (χ3v) is 3.31. The van der Waals surface area contributed by atoms with E-state index in [1.807, 2.05) is 0 Å². The summed E-state index contributed by atoms with van der Waals surface area (Å²) in [5, 5.41) is 13.3. The van der Waals surface area contributed by atoms with Gasteiger partial charge in [-0.15, -0.1) is 0 Å². The van der Waals surface area contributed by atoms with Crippen molar-refractivity contribution in [3.63, 3.8) is 0 Å². The Morgan fingerprint density at radius 1 is 1.05 bits per heavy atom. The molecule has 1 aromatic carbocycles. The number of benzene rings is 1. The van der Waals surface area contributed by atoms with Crippen LogP contribution in [0.3, 0.4) is 0 Å². The van der Waals surface area contributed by atoms with Gasteiger partial charge in [0.05, 0.1) is 6.10 Å². The molecule has 0 fully saturated rings. The van der Waals surface area contributed by atoms with Gasteiger partial charge in [0.1, 0.15) is 5.82 Å². The molecular formula is C16H26FNO. The van der Waals surface area contributed by atoms with Gasteiger partial charge in [-0.25, -0.2) is 4.39 Å². The standard InChI is InChI=1S/C16H26FNO/c1-2-3-4-5-6-12-18-13-11-16(19)14-7-9-15(17)10-8-14/h7-10,16,18-19H,2-6,11-13H2,1H3. The van der Waals surface area contributed by atoms with Gasteiger partial charge in [-0.05, 0) is 43.6 Å². The summed E-state index contributed by atoms with van der Waals surface area (Å²) in [4.78, 5) is 0. The Hall–Kier alpha value is -0.930. The first kappa shape index (κ1) is 16.1. The molecule has 0 aliphatic rings. The lowest BCUT2D eigenvalue weighted by Gasteiger charge is -2.11. The fourth-order valence-corrected chi connectivity index (χ4v) is 2.07. The summed E-state index contributed by atoms with van der Waals surface area (Å²) >= 11 is 0. The molecular weight excluding hydrogens is 241 g/mol. The molecule has 0 bridgehead atoms. The van der Waals surface area contributed by atoms with Crippen LogP contribution in [0.5, 0.6) is 0 Å². The number of hydrogen-bond donors (Lipinski definition) is 2. The van der Waals surface area contributed by atoms with E-state index in [9.17, 15) is 9.50 Å². The zero-order valence-electron chi connectivity index (χ0n) is 11.9. The van der Waals surface area contributed by atoms with Crippen molar-refractivity contribution in [1.82, 2.24) is 5.32 Å². The number of aliphatic hydroxyl groups excluding tert-OH is 1. The Bertz CT molecular complexity index is 326. The average Bonchev–Trinajstić information content (AvgIpc) is 2.42. The fourth-order valence-electron chi connectivity index (χ4n) is 2.07. The number of aliphatic hydroxyl groups is 1. The molecule has 0 saturated carbocycles. The molecule has 0 aliphatic carbocycles. The van der Waals surface area contributed by atoms with Crippen LogP contribution in [0.4, 0.5) is 4.39 Å². The first-order valence-electron chi connectivity index (χ1n) is 7.38. The molecule has 2 N–H and O–H groups in total. The third-order valence-electron chi connectivity index (χ3n) is 3.31. The van der Waals surface area contributed by atoms with Crippen molar-refractivity contribution >= 4 is 0 Å². The molecule has 3 heteroatoms. The summed E-state index contributed by atoms with van der Waals surface area (Å²) in [6.07, 6.45) is 6.55. The maximum absolute atomic E-state index is 12.7.